The van der Waals surface area contributed by atoms with Crippen LogP contribution in [0.1, 0.15) is 5.56 Å². The van der Waals surface area contributed by atoms with E-state index in [4.69, 9.17) is 0 Å². The van der Waals surface area contributed by atoms with Gasteiger partial charge in [0.15, 0.2) is 0 Å². The highest BCUT2D eigenvalue weighted by Crippen LogP contribution is 2.30. The Morgan fingerprint density at radius 1 is 1.09 bits per heavy atom. The normalized spacial score (nSPS) is 14.8. The largest absolute Gasteiger partial charge is 0.320 e. The van der Waals surface area contributed by atoms with Crippen LogP contribution in [-0.2, 0) is 4.79 Å². The summed E-state index contributed by atoms with van der Waals surface area (Å²) in [5.74, 6) is -0.520. The van der Waals surface area contributed by atoms with E-state index < -0.39 is 0 Å². The third-order valence-electron chi connectivity index (χ3n) is 3.48. The first-order chi connectivity index (χ1) is 11.2. The number of hydrogen-bond acceptors (Lipinski definition) is 4. The van der Waals surface area contributed by atoms with Crippen LogP contribution >= 0.6 is 11.3 Å². The summed E-state index contributed by atoms with van der Waals surface area (Å²) in [7, 11) is 0. The Bertz CT molecular complexity index is 931. The summed E-state index contributed by atoms with van der Waals surface area (Å²) in [4.78, 5) is 20.8. The molecule has 0 radical (unpaired) electrons. The van der Waals surface area contributed by atoms with Gasteiger partial charge in [-0.15, -0.1) is 11.3 Å². The molecule has 1 aliphatic heterocycles. The van der Waals surface area contributed by atoms with Gasteiger partial charge in [-0.25, -0.2) is 14.4 Å². The van der Waals surface area contributed by atoms with Crippen LogP contribution in [-0.4, -0.2) is 16.6 Å². The van der Waals surface area contributed by atoms with E-state index in [9.17, 15) is 9.18 Å². The van der Waals surface area contributed by atoms with Gasteiger partial charge >= 0.3 is 0 Å². The Morgan fingerprint density at radius 2 is 1.87 bits per heavy atom. The minimum absolute atomic E-state index is 0.232. The molecule has 1 N–H and O–H groups in total. The molecule has 1 aromatic heterocycles. The molecule has 6 heteroatoms. The predicted octanol–water partition coefficient (Wildman–Crippen LogP) is 4.02. The van der Waals surface area contributed by atoms with Crippen LogP contribution in [0.4, 0.5) is 15.2 Å². The number of thiazole rings is 1. The predicted molar refractivity (Wildman–Crippen MR) is 88.8 cm³/mol. The minimum atomic E-state index is -0.288. The molecule has 0 fully saturated rings. The number of carbonyl (C=O) groups excluding carboxylic acids is 1. The third-order valence-corrected chi connectivity index (χ3v) is 4.22. The number of benzene rings is 2. The van der Waals surface area contributed by atoms with Crippen LogP contribution in [0.5, 0.6) is 0 Å². The lowest BCUT2D eigenvalue weighted by atomic mass is 10.1. The SMILES string of the molecule is O=C1Nc2ccccc2/C1=N/c1nc(-c2ccc(F)cc2)cs1. The number of aromatic nitrogens is 1. The second kappa shape index (κ2) is 5.40. The molecule has 3 aromatic rings. The number of halogens is 1. The second-order valence-corrected chi connectivity index (χ2v) is 5.82. The smallest absolute Gasteiger partial charge is 0.275 e. The van der Waals surface area contributed by atoms with Crippen molar-refractivity contribution in [1.29, 1.82) is 0 Å². The van der Waals surface area contributed by atoms with Crippen molar-refractivity contribution in [3.05, 3.63) is 65.3 Å². The molecule has 0 spiro atoms. The van der Waals surface area contributed by atoms with Gasteiger partial charge in [-0.2, -0.15) is 0 Å². The van der Waals surface area contributed by atoms with Crippen molar-refractivity contribution in [3.63, 3.8) is 0 Å². The molecule has 4 nitrogen and oxygen atoms in total. The lowest BCUT2D eigenvalue weighted by Gasteiger charge is -1.96. The summed E-state index contributed by atoms with van der Waals surface area (Å²) >= 11 is 1.34. The van der Waals surface area contributed by atoms with E-state index in [1.807, 2.05) is 29.6 Å². The molecular formula is C17H10FN3OS. The van der Waals surface area contributed by atoms with Gasteiger partial charge in [0, 0.05) is 16.5 Å². The molecule has 0 saturated carbocycles. The molecule has 0 bridgehead atoms. The molecular weight excluding hydrogens is 313 g/mol. The van der Waals surface area contributed by atoms with Gasteiger partial charge in [0.05, 0.1) is 11.4 Å². The first-order valence-corrected chi connectivity index (χ1v) is 7.79. The van der Waals surface area contributed by atoms with Gasteiger partial charge < -0.3 is 5.32 Å². The van der Waals surface area contributed by atoms with Crippen molar-refractivity contribution in [2.45, 2.75) is 0 Å². The first-order valence-electron chi connectivity index (χ1n) is 6.91. The Kier molecular flexibility index (Phi) is 3.24. The maximum atomic E-state index is 13.0. The summed E-state index contributed by atoms with van der Waals surface area (Å²) in [6.07, 6.45) is 0. The summed E-state index contributed by atoms with van der Waals surface area (Å²) in [6, 6.07) is 13.5. The summed E-state index contributed by atoms with van der Waals surface area (Å²) in [5, 5.41) is 5.11. The lowest BCUT2D eigenvalue weighted by Crippen LogP contribution is -2.13. The third kappa shape index (κ3) is 2.53. The highest BCUT2D eigenvalue weighted by atomic mass is 32.1. The van der Waals surface area contributed by atoms with Crippen LogP contribution in [0, 0.1) is 5.82 Å². The van der Waals surface area contributed by atoms with Gasteiger partial charge in [-0.3, -0.25) is 4.79 Å². The zero-order valence-corrected chi connectivity index (χ0v) is 12.6. The number of nitrogens with zero attached hydrogens (tertiary/aromatic N) is 2. The molecule has 1 aliphatic rings. The molecule has 112 valence electrons. The molecule has 0 atom stereocenters. The molecule has 0 unspecified atom stereocenters. The number of hydrogen-bond donors (Lipinski definition) is 1. The number of nitrogens with one attached hydrogen (secondary N) is 1. The Hall–Kier alpha value is -2.86. The summed E-state index contributed by atoms with van der Waals surface area (Å²) in [6.45, 7) is 0. The Labute approximate surface area is 135 Å². The fourth-order valence-corrected chi connectivity index (χ4v) is 3.08. The van der Waals surface area contributed by atoms with Gasteiger partial charge in [-0.1, -0.05) is 18.2 Å². The second-order valence-electron chi connectivity index (χ2n) is 4.98. The monoisotopic (exact) mass is 323 g/mol. The van der Waals surface area contributed by atoms with Gasteiger partial charge in [0.2, 0.25) is 5.13 Å². The number of rotatable bonds is 2. The van der Waals surface area contributed by atoms with Crippen molar-refractivity contribution in [3.8, 4) is 11.3 Å². The van der Waals surface area contributed by atoms with Gasteiger partial charge in [0.25, 0.3) is 5.91 Å². The summed E-state index contributed by atoms with van der Waals surface area (Å²) < 4.78 is 13.0. The highest BCUT2D eigenvalue weighted by molar-refractivity contribution is 7.13. The molecule has 2 heterocycles. The van der Waals surface area contributed by atoms with E-state index in [1.54, 1.807) is 12.1 Å². The highest BCUT2D eigenvalue weighted by Gasteiger charge is 2.25. The standard InChI is InChI=1S/C17H10FN3OS/c18-11-7-5-10(6-8-11)14-9-23-17(20-14)21-15-12-3-1-2-4-13(12)19-16(15)22/h1-9H,(H,19,20,21,22). The zero-order chi connectivity index (χ0) is 15.8. The maximum absolute atomic E-state index is 13.0. The molecule has 4 rings (SSSR count). The number of anilines is 1. The van der Waals surface area contributed by atoms with Crippen LogP contribution < -0.4 is 5.32 Å². The van der Waals surface area contributed by atoms with E-state index in [-0.39, 0.29) is 11.7 Å². The van der Waals surface area contributed by atoms with E-state index in [1.165, 1.54) is 23.5 Å². The number of carbonyl (C=O) groups is 1. The van der Waals surface area contributed by atoms with Crippen LogP contribution in [0.25, 0.3) is 11.3 Å². The van der Waals surface area contributed by atoms with Crippen LogP contribution in [0.3, 0.4) is 0 Å². The number of aliphatic imine (C=N–C) groups is 1. The van der Waals surface area contributed by atoms with Crippen molar-refractivity contribution in [1.82, 2.24) is 4.98 Å². The minimum Gasteiger partial charge on any atom is -0.320 e. The first kappa shape index (κ1) is 13.8. The van der Waals surface area contributed by atoms with Crippen molar-refractivity contribution < 1.29 is 9.18 Å². The maximum Gasteiger partial charge on any atom is 0.275 e. The quantitative estimate of drug-likeness (QED) is 0.774. The lowest BCUT2D eigenvalue weighted by molar-refractivity contribution is -0.110. The topological polar surface area (TPSA) is 54.4 Å². The van der Waals surface area contributed by atoms with E-state index in [0.29, 0.717) is 16.5 Å². The van der Waals surface area contributed by atoms with Crippen LogP contribution in [0.15, 0.2) is 58.9 Å². The Morgan fingerprint density at radius 3 is 2.70 bits per heavy atom. The summed E-state index contributed by atoms with van der Waals surface area (Å²) in [5.41, 5.74) is 3.41. The fourth-order valence-electron chi connectivity index (χ4n) is 2.38. The molecule has 23 heavy (non-hydrogen) atoms. The van der Waals surface area contributed by atoms with Crippen LogP contribution in [0.2, 0.25) is 0 Å². The molecule has 0 saturated heterocycles. The van der Waals surface area contributed by atoms with Crippen molar-refractivity contribution in [2.24, 2.45) is 4.99 Å². The fraction of sp³-hybridized carbons (Fsp3) is 0. The molecule has 0 aliphatic carbocycles. The molecule has 1 amide bonds. The van der Waals surface area contributed by atoms with Crippen molar-refractivity contribution >= 4 is 33.8 Å². The zero-order valence-electron chi connectivity index (χ0n) is 11.8. The number of para-hydroxylation sites is 1. The average Bonchev–Trinajstić information content (AvgIpc) is 3.14. The van der Waals surface area contributed by atoms with Gasteiger partial charge in [-0.05, 0) is 30.3 Å². The van der Waals surface area contributed by atoms with E-state index in [2.05, 4.69) is 15.3 Å². The van der Waals surface area contributed by atoms with E-state index in [0.717, 1.165) is 16.8 Å². The average molecular weight is 323 g/mol. The van der Waals surface area contributed by atoms with Gasteiger partial charge in [0.1, 0.15) is 11.5 Å². The number of fused-ring (bicyclic) bond motifs is 1. The molecule has 2 aromatic carbocycles. The number of amides is 1. The Balaban J connectivity index is 1.70. The van der Waals surface area contributed by atoms with E-state index >= 15 is 0 Å². The van der Waals surface area contributed by atoms with Crippen molar-refractivity contribution in [2.75, 3.05) is 5.32 Å².